The maximum Gasteiger partial charge on any atom is 0.335 e. The van der Waals surface area contributed by atoms with Crippen molar-refractivity contribution in [1.82, 2.24) is 0 Å². The molecule has 0 unspecified atom stereocenters. The van der Waals surface area contributed by atoms with Crippen LogP contribution in [0.3, 0.4) is 0 Å². The molecule has 0 aliphatic heterocycles. The van der Waals surface area contributed by atoms with Gasteiger partial charge in [-0.15, -0.1) is 0 Å². The smallest absolute Gasteiger partial charge is 0.335 e. The fourth-order valence-electron chi connectivity index (χ4n) is 1.93. The minimum absolute atomic E-state index is 0.0384. The van der Waals surface area contributed by atoms with Crippen LogP contribution in [0.4, 0.5) is 5.69 Å². The highest BCUT2D eigenvalue weighted by Crippen LogP contribution is 2.16. The van der Waals surface area contributed by atoms with Crippen LogP contribution in [0.1, 0.15) is 22.8 Å². The molecular weight excluding hydrogens is 346 g/mol. The highest BCUT2D eigenvalue weighted by atomic mass is 32.2. The summed E-state index contributed by atoms with van der Waals surface area (Å²) in [7, 11) is -4.07. The number of amides is 1. The number of rotatable bonds is 6. The number of carboxylic acids is 1. The van der Waals surface area contributed by atoms with Crippen molar-refractivity contribution < 1.29 is 27.3 Å². The van der Waals surface area contributed by atoms with Crippen molar-refractivity contribution in [3.63, 3.8) is 0 Å². The fraction of sp³-hybridized carbons (Fsp3) is 0.176. The average Bonchev–Trinajstić information content (AvgIpc) is 2.55. The molecule has 0 aliphatic carbocycles. The zero-order valence-corrected chi connectivity index (χ0v) is 14.4. The molecule has 0 saturated carbocycles. The molecule has 0 heterocycles. The highest BCUT2D eigenvalue weighted by molar-refractivity contribution is 7.86. The zero-order chi connectivity index (χ0) is 18.6. The Labute approximate surface area is 145 Å². The van der Waals surface area contributed by atoms with Gasteiger partial charge in [-0.2, -0.15) is 8.42 Å². The van der Waals surface area contributed by atoms with E-state index >= 15 is 0 Å². The van der Waals surface area contributed by atoms with E-state index in [1.54, 1.807) is 12.1 Å². The van der Waals surface area contributed by atoms with Crippen molar-refractivity contribution in [3.8, 4) is 0 Å². The molecule has 8 heteroatoms. The molecule has 1 atom stereocenters. The molecule has 0 radical (unpaired) electrons. The van der Waals surface area contributed by atoms with E-state index in [0.29, 0.717) is 5.69 Å². The van der Waals surface area contributed by atoms with Crippen LogP contribution in [0.5, 0.6) is 0 Å². The van der Waals surface area contributed by atoms with Gasteiger partial charge in [0.05, 0.1) is 10.5 Å². The zero-order valence-electron chi connectivity index (χ0n) is 13.6. The summed E-state index contributed by atoms with van der Waals surface area (Å²) in [6.45, 7) is 3.13. The molecule has 2 N–H and O–H groups in total. The van der Waals surface area contributed by atoms with E-state index in [1.165, 1.54) is 43.3 Å². The first-order valence-corrected chi connectivity index (χ1v) is 8.74. The van der Waals surface area contributed by atoms with Gasteiger partial charge in [0.1, 0.15) is 0 Å². The molecule has 2 rings (SSSR count). The molecule has 0 saturated heterocycles. The first kappa shape index (κ1) is 18.6. The van der Waals surface area contributed by atoms with Gasteiger partial charge >= 0.3 is 5.97 Å². The first-order chi connectivity index (χ1) is 11.7. The summed E-state index contributed by atoms with van der Waals surface area (Å²) in [6, 6.07) is 11.5. The Bertz CT molecular complexity index is 872. The van der Waals surface area contributed by atoms with Crippen molar-refractivity contribution in [3.05, 3.63) is 59.7 Å². The van der Waals surface area contributed by atoms with Crippen LogP contribution in [0.15, 0.2) is 53.4 Å². The van der Waals surface area contributed by atoms with Crippen LogP contribution in [-0.4, -0.2) is 31.5 Å². The van der Waals surface area contributed by atoms with Gasteiger partial charge in [-0.1, -0.05) is 17.7 Å². The Hall–Kier alpha value is -2.71. The number of aryl methyl sites for hydroxylation is 1. The van der Waals surface area contributed by atoms with Crippen LogP contribution in [0, 0.1) is 6.92 Å². The van der Waals surface area contributed by atoms with E-state index in [-0.39, 0.29) is 10.5 Å². The molecule has 0 bridgehead atoms. The second-order valence-electron chi connectivity index (χ2n) is 5.38. The van der Waals surface area contributed by atoms with Crippen LogP contribution < -0.4 is 5.32 Å². The Morgan fingerprint density at radius 1 is 1.04 bits per heavy atom. The van der Waals surface area contributed by atoms with Crippen LogP contribution in [0.25, 0.3) is 0 Å². The van der Waals surface area contributed by atoms with E-state index < -0.39 is 28.1 Å². The van der Waals surface area contributed by atoms with Gasteiger partial charge in [-0.3, -0.25) is 8.98 Å². The Kier molecular flexibility index (Phi) is 5.55. The van der Waals surface area contributed by atoms with Crippen molar-refractivity contribution in [1.29, 1.82) is 0 Å². The summed E-state index contributed by atoms with van der Waals surface area (Å²) in [4.78, 5) is 22.8. The van der Waals surface area contributed by atoms with Gasteiger partial charge in [0.2, 0.25) is 0 Å². The van der Waals surface area contributed by atoms with Crippen molar-refractivity contribution in [2.45, 2.75) is 24.8 Å². The fourth-order valence-corrected chi connectivity index (χ4v) is 2.98. The molecule has 25 heavy (non-hydrogen) atoms. The molecule has 0 aliphatic rings. The van der Waals surface area contributed by atoms with Gasteiger partial charge in [0.25, 0.3) is 16.0 Å². The topological polar surface area (TPSA) is 110 Å². The van der Waals surface area contributed by atoms with Crippen LogP contribution >= 0.6 is 0 Å². The predicted molar refractivity (Wildman–Crippen MR) is 90.9 cm³/mol. The Morgan fingerprint density at radius 3 is 2.12 bits per heavy atom. The lowest BCUT2D eigenvalue weighted by atomic mass is 10.2. The molecule has 0 spiro atoms. The van der Waals surface area contributed by atoms with Crippen LogP contribution in [-0.2, 0) is 19.1 Å². The number of hydrogen-bond acceptors (Lipinski definition) is 5. The Balaban J connectivity index is 2.04. The molecule has 2 aromatic rings. The highest BCUT2D eigenvalue weighted by Gasteiger charge is 2.24. The minimum atomic E-state index is -4.07. The number of carbonyl (C=O) groups excluding carboxylic acids is 1. The standard InChI is InChI=1S/C17H17NO6S/c1-11-3-9-15(10-4-11)25(22,23)24-12(2)16(19)18-14-7-5-13(6-8-14)17(20)21/h3-10,12H,1-2H3,(H,18,19)(H,20,21)/t12-/m1/s1. The summed E-state index contributed by atoms with van der Waals surface area (Å²) in [5.74, 6) is -1.75. The molecular formula is C17H17NO6S. The summed E-state index contributed by atoms with van der Waals surface area (Å²) in [5.41, 5.74) is 1.30. The summed E-state index contributed by atoms with van der Waals surface area (Å²) in [6.07, 6.45) is -1.26. The SMILES string of the molecule is Cc1ccc(S(=O)(=O)O[C@H](C)C(=O)Nc2ccc(C(=O)O)cc2)cc1. The third-order valence-corrected chi connectivity index (χ3v) is 4.74. The molecule has 1 amide bonds. The number of aromatic carboxylic acids is 1. The molecule has 2 aromatic carbocycles. The average molecular weight is 363 g/mol. The number of nitrogens with one attached hydrogen (secondary N) is 1. The molecule has 0 aromatic heterocycles. The molecule has 7 nitrogen and oxygen atoms in total. The minimum Gasteiger partial charge on any atom is -0.478 e. The van der Waals surface area contributed by atoms with Crippen molar-refractivity contribution >= 4 is 27.7 Å². The van der Waals surface area contributed by atoms with E-state index in [2.05, 4.69) is 5.32 Å². The molecule has 0 fully saturated rings. The maximum absolute atomic E-state index is 12.2. The number of carboxylic acid groups (broad SMARTS) is 1. The number of anilines is 1. The third-order valence-electron chi connectivity index (χ3n) is 3.35. The number of benzene rings is 2. The van der Waals surface area contributed by atoms with E-state index in [9.17, 15) is 18.0 Å². The van der Waals surface area contributed by atoms with Gasteiger partial charge in [-0.25, -0.2) is 4.79 Å². The van der Waals surface area contributed by atoms with Gasteiger partial charge in [0.15, 0.2) is 6.10 Å². The maximum atomic E-state index is 12.2. The van der Waals surface area contributed by atoms with E-state index in [1.807, 2.05) is 6.92 Å². The van der Waals surface area contributed by atoms with Gasteiger partial charge < -0.3 is 10.4 Å². The normalized spacial score (nSPS) is 12.4. The van der Waals surface area contributed by atoms with E-state index in [0.717, 1.165) is 5.56 Å². The second kappa shape index (κ2) is 7.45. The number of hydrogen-bond donors (Lipinski definition) is 2. The quantitative estimate of drug-likeness (QED) is 0.763. The third kappa shape index (κ3) is 4.88. The van der Waals surface area contributed by atoms with E-state index in [4.69, 9.17) is 9.29 Å². The summed E-state index contributed by atoms with van der Waals surface area (Å²) in [5, 5.41) is 11.3. The van der Waals surface area contributed by atoms with Crippen molar-refractivity contribution in [2.24, 2.45) is 0 Å². The summed E-state index contributed by atoms with van der Waals surface area (Å²) >= 11 is 0. The monoisotopic (exact) mass is 363 g/mol. The second-order valence-corrected chi connectivity index (χ2v) is 6.95. The first-order valence-electron chi connectivity index (χ1n) is 7.33. The van der Waals surface area contributed by atoms with Gasteiger partial charge in [0, 0.05) is 5.69 Å². The largest absolute Gasteiger partial charge is 0.478 e. The lowest BCUT2D eigenvalue weighted by Crippen LogP contribution is -2.30. The Morgan fingerprint density at radius 2 is 1.60 bits per heavy atom. The molecule has 132 valence electrons. The number of carbonyl (C=O) groups is 2. The lowest BCUT2D eigenvalue weighted by molar-refractivity contribution is -0.121. The lowest BCUT2D eigenvalue weighted by Gasteiger charge is -2.13. The predicted octanol–water partition coefficient (Wildman–Crippen LogP) is 2.43. The van der Waals surface area contributed by atoms with Crippen LogP contribution in [0.2, 0.25) is 0 Å². The van der Waals surface area contributed by atoms with Gasteiger partial charge in [-0.05, 0) is 50.2 Å². The van der Waals surface area contributed by atoms with Crippen molar-refractivity contribution in [2.75, 3.05) is 5.32 Å². The summed E-state index contributed by atoms with van der Waals surface area (Å²) < 4.78 is 29.3.